The van der Waals surface area contributed by atoms with Gasteiger partial charge in [-0.2, -0.15) is 0 Å². The van der Waals surface area contributed by atoms with Crippen LogP contribution < -0.4 is 4.74 Å². The summed E-state index contributed by atoms with van der Waals surface area (Å²) in [7, 11) is 0. The van der Waals surface area contributed by atoms with Gasteiger partial charge in [-0.1, -0.05) is 24.8 Å². The van der Waals surface area contributed by atoms with Crippen molar-refractivity contribution in [2.24, 2.45) is 0 Å². The topological polar surface area (TPSA) is 42.4 Å². The monoisotopic (exact) mass is 215 g/mol. The van der Waals surface area contributed by atoms with Gasteiger partial charge in [-0.05, 0) is 12.1 Å². The van der Waals surface area contributed by atoms with Crippen molar-refractivity contribution in [2.75, 3.05) is 6.61 Å². The molecule has 0 fully saturated rings. The third-order valence-electron chi connectivity index (χ3n) is 2.25. The third kappa shape index (κ3) is 2.04. The molecule has 0 spiro atoms. The summed E-state index contributed by atoms with van der Waals surface area (Å²) >= 11 is 0. The van der Waals surface area contributed by atoms with Gasteiger partial charge in [0.25, 0.3) is 0 Å². The van der Waals surface area contributed by atoms with Crippen LogP contribution in [0.4, 0.5) is 0 Å². The molecule has 0 saturated heterocycles. The molecule has 2 aromatic rings. The number of fused-ring (bicyclic) bond motifs is 1. The van der Waals surface area contributed by atoms with Crippen LogP contribution in [0.2, 0.25) is 0 Å². The summed E-state index contributed by atoms with van der Waals surface area (Å²) in [5.41, 5.74) is 1.44. The van der Waals surface area contributed by atoms with Gasteiger partial charge in [0, 0.05) is 11.5 Å². The van der Waals surface area contributed by atoms with Gasteiger partial charge in [-0.25, -0.2) is 0 Å². The van der Waals surface area contributed by atoms with Gasteiger partial charge in [-0.3, -0.25) is 4.98 Å². The van der Waals surface area contributed by atoms with Crippen LogP contribution in [0.1, 0.15) is 5.69 Å². The Bertz CT molecular complexity index is 508. The largest absolute Gasteiger partial charge is 0.489 e. The molecule has 1 aromatic heterocycles. The summed E-state index contributed by atoms with van der Waals surface area (Å²) in [5.74, 6) is 0.731. The van der Waals surface area contributed by atoms with E-state index in [2.05, 4.69) is 11.6 Å². The van der Waals surface area contributed by atoms with E-state index in [9.17, 15) is 0 Å². The molecule has 0 radical (unpaired) electrons. The summed E-state index contributed by atoms with van der Waals surface area (Å²) in [6.45, 7) is 3.96. The van der Waals surface area contributed by atoms with Crippen LogP contribution in [0.3, 0.4) is 0 Å². The van der Waals surface area contributed by atoms with Crippen molar-refractivity contribution in [1.29, 1.82) is 0 Å². The van der Waals surface area contributed by atoms with Crippen molar-refractivity contribution >= 4 is 10.9 Å². The highest BCUT2D eigenvalue weighted by atomic mass is 16.5. The highest BCUT2D eigenvalue weighted by molar-refractivity contribution is 5.85. The summed E-state index contributed by atoms with van der Waals surface area (Å²) in [4.78, 5) is 4.31. The number of benzene rings is 1. The third-order valence-corrected chi connectivity index (χ3v) is 2.25. The Hall–Kier alpha value is -1.87. The number of hydrogen-bond acceptors (Lipinski definition) is 3. The Balaban J connectivity index is 2.54. The first-order valence-electron chi connectivity index (χ1n) is 5.08. The molecule has 0 atom stereocenters. The molecule has 3 nitrogen and oxygen atoms in total. The zero-order chi connectivity index (χ0) is 11.4. The van der Waals surface area contributed by atoms with Gasteiger partial charge in [0.2, 0.25) is 0 Å². The fraction of sp³-hybridized carbons (Fsp3) is 0.154. The van der Waals surface area contributed by atoms with Crippen LogP contribution in [0, 0.1) is 0 Å². The lowest BCUT2D eigenvalue weighted by molar-refractivity contribution is 0.276. The van der Waals surface area contributed by atoms with Crippen molar-refractivity contribution < 1.29 is 9.84 Å². The predicted molar refractivity (Wildman–Crippen MR) is 63.4 cm³/mol. The maximum atomic E-state index is 9.11. The van der Waals surface area contributed by atoms with E-state index in [1.54, 1.807) is 12.1 Å². The standard InChI is InChI=1S/C13H13NO2/c1-2-7-16-13-8-10(9-15)14-12-6-4-3-5-11(12)13/h2-6,8,15H,1,7,9H2. The summed E-state index contributed by atoms with van der Waals surface area (Å²) in [6, 6.07) is 9.44. The number of para-hydroxylation sites is 1. The minimum Gasteiger partial charge on any atom is -0.489 e. The van der Waals surface area contributed by atoms with Crippen LogP contribution in [0.15, 0.2) is 43.0 Å². The Labute approximate surface area is 94.0 Å². The fourth-order valence-corrected chi connectivity index (χ4v) is 1.54. The number of aliphatic hydroxyl groups is 1. The Morgan fingerprint density at radius 2 is 2.19 bits per heavy atom. The quantitative estimate of drug-likeness (QED) is 0.796. The van der Waals surface area contributed by atoms with E-state index in [0.29, 0.717) is 12.3 Å². The minimum atomic E-state index is -0.0880. The van der Waals surface area contributed by atoms with E-state index in [0.717, 1.165) is 16.7 Å². The molecule has 0 unspecified atom stereocenters. The molecule has 1 heterocycles. The first-order valence-corrected chi connectivity index (χ1v) is 5.08. The van der Waals surface area contributed by atoms with Crippen LogP contribution in [0.5, 0.6) is 5.75 Å². The lowest BCUT2D eigenvalue weighted by Crippen LogP contribution is -1.97. The number of hydrogen-bond donors (Lipinski definition) is 1. The van der Waals surface area contributed by atoms with E-state index in [1.165, 1.54) is 0 Å². The van der Waals surface area contributed by atoms with Crippen LogP contribution in [-0.2, 0) is 6.61 Å². The van der Waals surface area contributed by atoms with Crippen molar-refractivity contribution in [3.63, 3.8) is 0 Å². The van der Waals surface area contributed by atoms with Crippen LogP contribution >= 0.6 is 0 Å². The minimum absolute atomic E-state index is 0.0880. The summed E-state index contributed by atoms with van der Waals surface area (Å²) in [6.07, 6.45) is 1.69. The number of ether oxygens (including phenoxy) is 1. The van der Waals surface area contributed by atoms with E-state index in [1.807, 2.05) is 24.3 Å². The number of aromatic nitrogens is 1. The first kappa shape index (κ1) is 10.6. The maximum absolute atomic E-state index is 9.11. The second-order valence-electron chi connectivity index (χ2n) is 3.39. The zero-order valence-electron chi connectivity index (χ0n) is 8.89. The second-order valence-corrected chi connectivity index (χ2v) is 3.39. The van der Waals surface area contributed by atoms with E-state index >= 15 is 0 Å². The normalized spacial score (nSPS) is 10.3. The lowest BCUT2D eigenvalue weighted by Gasteiger charge is -2.08. The van der Waals surface area contributed by atoms with Crippen LogP contribution in [0.25, 0.3) is 10.9 Å². The molecule has 0 saturated carbocycles. The second kappa shape index (κ2) is 4.77. The van der Waals surface area contributed by atoms with Crippen LogP contribution in [-0.4, -0.2) is 16.7 Å². The summed E-state index contributed by atoms with van der Waals surface area (Å²) < 4.78 is 5.54. The molecule has 0 amide bonds. The van der Waals surface area contributed by atoms with Gasteiger partial charge in [0.05, 0.1) is 17.8 Å². The van der Waals surface area contributed by atoms with Gasteiger partial charge in [0.15, 0.2) is 0 Å². The van der Waals surface area contributed by atoms with E-state index in [4.69, 9.17) is 9.84 Å². The molecule has 82 valence electrons. The molecule has 0 aliphatic heterocycles. The average Bonchev–Trinajstić information content (AvgIpc) is 2.35. The molecule has 3 heteroatoms. The van der Waals surface area contributed by atoms with E-state index in [-0.39, 0.29) is 6.61 Å². The van der Waals surface area contributed by atoms with E-state index < -0.39 is 0 Å². The molecular weight excluding hydrogens is 202 g/mol. The molecule has 0 aliphatic rings. The van der Waals surface area contributed by atoms with Crippen molar-refractivity contribution in [1.82, 2.24) is 4.98 Å². The van der Waals surface area contributed by atoms with Gasteiger partial charge in [0.1, 0.15) is 12.4 Å². The molecule has 0 bridgehead atoms. The maximum Gasteiger partial charge on any atom is 0.131 e. The van der Waals surface area contributed by atoms with Gasteiger partial charge >= 0.3 is 0 Å². The highest BCUT2D eigenvalue weighted by Crippen LogP contribution is 2.25. The number of pyridine rings is 1. The molecule has 0 aliphatic carbocycles. The molecule has 16 heavy (non-hydrogen) atoms. The molecule has 1 aromatic carbocycles. The first-order chi connectivity index (χ1) is 7.85. The lowest BCUT2D eigenvalue weighted by atomic mass is 10.2. The predicted octanol–water partition coefficient (Wildman–Crippen LogP) is 2.29. The molecule has 1 N–H and O–H groups in total. The number of rotatable bonds is 4. The van der Waals surface area contributed by atoms with Gasteiger partial charge < -0.3 is 9.84 Å². The zero-order valence-corrected chi connectivity index (χ0v) is 8.89. The van der Waals surface area contributed by atoms with Crippen molar-refractivity contribution in [3.8, 4) is 5.75 Å². The SMILES string of the molecule is C=CCOc1cc(CO)nc2ccccc12. The average molecular weight is 215 g/mol. The smallest absolute Gasteiger partial charge is 0.131 e. The number of aliphatic hydroxyl groups excluding tert-OH is 1. The van der Waals surface area contributed by atoms with Crippen molar-refractivity contribution in [3.05, 3.63) is 48.7 Å². The Morgan fingerprint density at radius 1 is 1.38 bits per heavy atom. The summed E-state index contributed by atoms with van der Waals surface area (Å²) in [5, 5.41) is 10.1. The Kier molecular flexibility index (Phi) is 3.17. The number of nitrogens with zero attached hydrogens (tertiary/aromatic N) is 1. The Morgan fingerprint density at radius 3 is 2.94 bits per heavy atom. The van der Waals surface area contributed by atoms with Crippen molar-refractivity contribution in [2.45, 2.75) is 6.61 Å². The van der Waals surface area contributed by atoms with Gasteiger partial charge in [-0.15, -0.1) is 0 Å². The highest BCUT2D eigenvalue weighted by Gasteiger charge is 2.05. The molecular formula is C13H13NO2. The fourth-order valence-electron chi connectivity index (χ4n) is 1.54. The molecule has 2 rings (SSSR count).